The van der Waals surface area contributed by atoms with Crippen LogP contribution in [-0.2, 0) is 4.74 Å². The molecule has 0 atom stereocenters. The summed E-state index contributed by atoms with van der Waals surface area (Å²) in [4.78, 5) is 1.98. The number of hydrogen-bond acceptors (Lipinski definition) is 6. The van der Waals surface area contributed by atoms with Crippen LogP contribution in [0.1, 0.15) is 0 Å². The Hall–Kier alpha value is -1.82. The van der Waals surface area contributed by atoms with Crippen molar-refractivity contribution < 1.29 is 9.84 Å². The number of ether oxygens (including phenoxy) is 1. The summed E-state index contributed by atoms with van der Waals surface area (Å²) >= 11 is 0. The highest BCUT2D eigenvalue weighted by Crippen LogP contribution is 2.41. The summed E-state index contributed by atoms with van der Waals surface area (Å²) in [5.74, 6) is -0.0341. The van der Waals surface area contributed by atoms with Crippen molar-refractivity contribution in [2.45, 2.75) is 0 Å². The Labute approximate surface area is 93.6 Å². The van der Waals surface area contributed by atoms with Gasteiger partial charge in [0.25, 0.3) is 0 Å². The molecule has 16 heavy (non-hydrogen) atoms. The maximum Gasteiger partial charge on any atom is 0.142 e. The molecule has 1 aliphatic rings. The zero-order chi connectivity index (χ0) is 11.7. The highest BCUT2D eigenvalue weighted by molar-refractivity contribution is 5.92. The minimum absolute atomic E-state index is 0.0341. The van der Waals surface area contributed by atoms with Gasteiger partial charge in [-0.2, -0.15) is 0 Å². The lowest BCUT2D eigenvalue weighted by atomic mass is 10.1. The molecular weight excluding hydrogens is 208 g/mol. The predicted molar refractivity (Wildman–Crippen MR) is 64.4 cm³/mol. The van der Waals surface area contributed by atoms with Gasteiger partial charge in [-0.3, -0.25) is 0 Å². The fourth-order valence-corrected chi connectivity index (χ4v) is 1.83. The van der Waals surface area contributed by atoms with Crippen molar-refractivity contribution >= 4 is 22.7 Å². The van der Waals surface area contributed by atoms with E-state index in [2.05, 4.69) is 0 Å². The molecule has 0 unspecified atom stereocenters. The van der Waals surface area contributed by atoms with Crippen molar-refractivity contribution in [2.24, 2.45) is 0 Å². The zero-order valence-corrected chi connectivity index (χ0v) is 8.94. The highest BCUT2D eigenvalue weighted by Gasteiger charge is 2.20. The van der Waals surface area contributed by atoms with Gasteiger partial charge >= 0.3 is 0 Å². The van der Waals surface area contributed by atoms with Crippen molar-refractivity contribution in [3.8, 4) is 5.75 Å². The molecule has 7 N–H and O–H groups in total. The molecule has 0 aliphatic carbocycles. The number of nitrogens with zero attached hydrogens (tertiary/aromatic N) is 1. The second kappa shape index (κ2) is 3.97. The predicted octanol–water partition coefficient (Wildman–Crippen LogP) is -0.0246. The quantitative estimate of drug-likeness (QED) is 0.303. The third-order valence-electron chi connectivity index (χ3n) is 2.72. The van der Waals surface area contributed by atoms with Crippen LogP contribution in [0.15, 0.2) is 6.07 Å². The molecule has 6 heteroatoms. The number of benzene rings is 1. The van der Waals surface area contributed by atoms with E-state index in [1.807, 2.05) is 4.90 Å². The van der Waals surface area contributed by atoms with Gasteiger partial charge in [-0.25, -0.2) is 0 Å². The van der Waals surface area contributed by atoms with E-state index in [-0.39, 0.29) is 11.4 Å². The highest BCUT2D eigenvalue weighted by atomic mass is 16.5. The first kappa shape index (κ1) is 10.7. The molecule has 0 amide bonds. The molecule has 1 fully saturated rings. The Morgan fingerprint density at radius 3 is 2.38 bits per heavy atom. The van der Waals surface area contributed by atoms with Gasteiger partial charge in [0.15, 0.2) is 0 Å². The molecule has 88 valence electrons. The first-order chi connectivity index (χ1) is 7.61. The van der Waals surface area contributed by atoms with Crippen molar-refractivity contribution in [2.75, 3.05) is 48.4 Å². The number of nitrogens with two attached hydrogens (primary N) is 3. The van der Waals surface area contributed by atoms with Gasteiger partial charge in [-0.05, 0) is 0 Å². The van der Waals surface area contributed by atoms with Crippen molar-refractivity contribution in [1.82, 2.24) is 0 Å². The van der Waals surface area contributed by atoms with Gasteiger partial charge in [0.1, 0.15) is 5.75 Å². The second-order valence-electron chi connectivity index (χ2n) is 3.76. The maximum atomic E-state index is 9.62. The zero-order valence-electron chi connectivity index (χ0n) is 8.94. The normalized spacial score (nSPS) is 16.4. The Kier molecular flexibility index (Phi) is 2.66. The molecule has 0 bridgehead atoms. The first-order valence-electron chi connectivity index (χ1n) is 5.10. The fourth-order valence-electron chi connectivity index (χ4n) is 1.83. The van der Waals surface area contributed by atoms with E-state index < -0.39 is 0 Å². The lowest BCUT2D eigenvalue weighted by Crippen LogP contribution is -2.37. The fraction of sp³-hybridized carbons (Fsp3) is 0.400. The largest absolute Gasteiger partial charge is 0.506 e. The van der Waals surface area contributed by atoms with Crippen molar-refractivity contribution in [3.63, 3.8) is 0 Å². The number of rotatable bonds is 1. The summed E-state index contributed by atoms with van der Waals surface area (Å²) in [6.45, 7) is 2.62. The van der Waals surface area contributed by atoms with Gasteiger partial charge in [-0.15, -0.1) is 0 Å². The van der Waals surface area contributed by atoms with Crippen LogP contribution < -0.4 is 22.1 Å². The number of anilines is 4. The molecule has 1 saturated heterocycles. The van der Waals surface area contributed by atoms with Crippen LogP contribution in [0.4, 0.5) is 22.7 Å². The SMILES string of the molecule is Nc1cc(O)c(N)c(N2CCOCC2)c1N. The van der Waals surface area contributed by atoms with Crippen LogP contribution in [0.25, 0.3) is 0 Å². The van der Waals surface area contributed by atoms with E-state index >= 15 is 0 Å². The van der Waals surface area contributed by atoms with Crippen molar-refractivity contribution in [1.29, 1.82) is 0 Å². The molecule has 1 aliphatic heterocycles. The van der Waals surface area contributed by atoms with E-state index in [0.717, 1.165) is 0 Å². The molecular formula is C10H16N4O2. The lowest BCUT2D eigenvalue weighted by Gasteiger charge is -2.31. The molecule has 0 radical (unpaired) electrons. The number of phenols is 1. The second-order valence-corrected chi connectivity index (χ2v) is 3.76. The van der Waals surface area contributed by atoms with Gasteiger partial charge in [0.05, 0.1) is 36.0 Å². The smallest absolute Gasteiger partial charge is 0.142 e. The molecule has 1 aromatic carbocycles. The van der Waals surface area contributed by atoms with Crippen LogP contribution in [-0.4, -0.2) is 31.4 Å². The molecule has 1 heterocycles. The maximum absolute atomic E-state index is 9.62. The van der Waals surface area contributed by atoms with Crippen LogP contribution in [0, 0.1) is 0 Å². The number of morpholine rings is 1. The summed E-state index contributed by atoms with van der Waals surface area (Å²) in [6.07, 6.45) is 0. The van der Waals surface area contributed by atoms with Gasteiger partial charge < -0.3 is 31.9 Å². The summed E-state index contributed by atoms with van der Waals surface area (Å²) in [6, 6.07) is 1.37. The molecule has 0 saturated carbocycles. The van der Waals surface area contributed by atoms with Crippen LogP contribution in [0.3, 0.4) is 0 Å². The third-order valence-corrected chi connectivity index (χ3v) is 2.72. The Bertz CT molecular complexity index is 376. The van der Waals surface area contributed by atoms with E-state index in [0.29, 0.717) is 43.4 Å². The van der Waals surface area contributed by atoms with E-state index in [1.165, 1.54) is 6.07 Å². The van der Waals surface area contributed by atoms with E-state index in [4.69, 9.17) is 21.9 Å². The van der Waals surface area contributed by atoms with Gasteiger partial charge in [0, 0.05) is 19.2 Å². The van der Waals surface area contributed by atoms with Gasteiger partial charge in [0.2, 0.25) is 0 Å². The lowest BCUT2D eigenvalue weighted by molar-refractivity contribution is 0.123. The number of aromatic hydroxyl groups is 1. The average molecular weight is 224 g/mol. The summed E-state index contributed by atoms with van der Waals surface area (Å²) in [5, 5.41) is 9.62. The molecule has 0 aromatic heterocycles. The monoisotopic (exact) mass is 224 g/mol. The third kappa shape index (κ3) is 1.67. The molecule has 6 nitrogen and oxygen atoms in total. The Balaban J connectivity index is 2.45. The van der Waals surface area contributed by atoms with E-state index in [9.17, 15) is 5.11 Å². The van der Waals surface area contributed by atoms with Crippen LogP contribution in [0.5, 0.6) is 5.75 Å². The molecule has 0 spiro atoms. The summed E-state index contributed by atoms with van der Waals surface area (Å²) < 4.78 is 5.24. The van der Waals surface area contributed by atoms with Crippen molar-refractivity contribution in [3.05, 3.63) is 6.07 Å². The number of hydrogen-bond donors (Lipinski definition) is 4. The molecule has 1 aromatic rings. The van der Waals surface area contributed by atoms with E-state index in [1.54, 1.807) is 0 Å². The van der Waals surface area contributed by atoms with Crippen LogP contribution in [0.2, 0.25) is 0 Å². The van der Waals surface area contributed by atoms with Gasteiger partial charge in [-0.1, -0.05) is 0 Å². The average Bonchev–Trinajstić information content (AvgIpc) is 2.28. The molecule has 2 rings (SSSR count). The number of phenolic OH excluding ortho intramolecular Hbond substituents is 1. The number of nitrogen functional groups attached to an aromatic ring is 3. The standard InChI is InChI=1S/C10H16N4O2/c11-6-5-7(15)9(13)10(8(6)12)14-1-3-16-4-2-14/h5,15H,1-4,11-13H2. The minimum atomic E-state index is -0.0341. The summed E-state index contributed by atoms with van der Waals surface area (Å²) in [5.41, 5.74) is 19.0. The Morgan fingerprint density at radius 2 is 1.75 bits per heavy atom. The van der Waals surface area contributed by atoms with Crippen LogP contribution >= 0.6 is 0 Å². The topological polar surface area (TPSA) is 111 Å². The Morgan fingerprint density at radius 1 is 1.12 bits per heavy atom. The minimum Gasteiger partial charge on any atom is -0.506 e. The first-order valence-corrected chi connectivity index (χ1v) is 5.10. The summed E-state index contributed by atoms with van der Waals surface area (Å²) in [7, 11) is 0.